The zero-order valence-electron chi connectivity index (χ0n) is 11.8. The van der Waals surface area contributed by atoms with Crippen molar-refractivity contribution in [2.24, 2.45) is 5.73 Å². The lowest BCUT2D eigenvalue weighted by Crippen LogP contribution is -2.54. The molecule has 0 aromatic heterocycles. The smallest absolute Gasteiger partial charge is 0.328 e. The van der Waals surface area contributed by atoms with Crippen molar-refractivity contribution in [3.63, 3.8) is 0 Å². The van der Waals surface area contributed by atoms with Crippen molar-refractivity contribution in [3.8, 4) is 0 Å². The summed E-state index contributed by atoms with van der Waals surface area (Å²) < 4.78 is 1.13. The lowest BCUT2D eigenvalue weighted by atomic mass is 9.91. The number of hydrogen-bond acceptors (Lipinski definition) is 4. The van der Waals surface area contributed by atoms with E-state index < -0.39 is 6.04 Å². The molecule has 0 heterocycles. The van der Waals surface area contributed by atoms with Gasteiger partial charge in [-0.05, 0) is 19.8 Å². The van der Waals surface area contributed by atoms with Gasteiger partial charge >= 0.3 is 6.03 Å². The Hall–Kier alpha value is -0.950. The Kier molecular flexibility index (Phi) is 5.93. The van der Waals surface area contributed by atoms with Crippen LogP contribution in [-0.2, 0) is 4.79 Å². The van der Waals surface area contributed by atoms with E-state index in [1.807, 2.05) is 0 Å². The summed E-state index contributed by atoms with van der Waals surface area (Å²) in [5, 5.41) is 2.86. The second kappa shape index (κ2) is 7.00. The number of nitrogens with zero attached hydrogens (tertiary/aromatic N) is 2. The van der Waals surface area contributed by atoms with E-state index in [2.05, 4.69) is 18.1 Å². The summed E-state index contributed by atoms with van der Waals surface area (Å²) in [6.07, 6.45) is 3.97. The Morgan fingerprint density at radius 3 is 2.42 bits per heavy atom. The number of likely N-dealkylation sites (N-methyl/N-ethyl adjacent to an activating group) is 1. The van der Waals surface area contributed by atoms with Crippen molar-refractivity contribution < 1.29 is 9.59 Å². The first-order chi connectivity index (χ1) is 8.84. The molecule has 6 nitrogen and oxygen atoms in total. The topological polar surface area (TPSA) is 78.7 Å². The molecule has 3 unspecified atom stereocenters. The molecule has 0 aromatic rings. The van der Waals surface area contributed by atoms with Crippen LogP contribution in [0, 0.1) is 0 Å². The van der Waals surface area contributed by atoms with Gasteiger partial charge in [0.05, 0.1) is 0 Å². The minimum atomic E-state index is -0.613. The monoisotopic (exact) mass is 288 g/mol. The second-order valence-corrected chi connectivity index (χ2v) is 5.69. The molecule has 1 aliphatic carbocycles. The van der Waals surface area contributed by atoms with Crippen LogP contribution >= 0.6 is 12.8 Å². The second-order valence-electron chi connectivity index (χ2n) is 5.26. The standard InChI is InChI=1S/C12H24N4O2S/c1-8(11(17)15(2)3)16(19)12(18)14-10-7-5-4-6-9(10)13/h8-10,19H,4-7,13H2,1-3H3,(H,14,18). The van der Waals surface area contributed by atoms with Gasteiger partial charge in [-0.2, -0.15) is 0 Å². The van der Waals surface area contributed by atoms with E-state index in [1.54, 1.807) is 21.0 Å². The number of nitrogens with two attached hydrogens (primary N) is 1. The third-order valence-corrected chi connectivity index (χ3v) is 4.03. The normalized spacial score (nSPS) is 24.5. The van der Waals surface area contributed by atoms with Gasteiger partial charge < -0.3 is 16.0 Å². The van der Waals surface area contributed by atoms with E-state index in [1.165, 1.54) is 4.90 Å². The molecule has 0 aromatic carbocycles. The summed E-state index contributed by atoms with van der Waals surface area (Å²) in [7, 11) is 3.30. The lowest BCUT2D eigenvalue weighted by Gasteiger charge is -2.32. The zero-order valence-corrected chi connectivity index (χ0v) is 12.7. The van der Waals surface area contributed by atoms with Gasteiger partial charge in [0.2, 0.25) is 5.91 Å². The number of amides is 3. The maximum absolute atomic E-state index is 12.0. The van der Waals surface area contributed by atoms with E-state index >= 15 is 0 Å². The summed E-state index contributed by atoms with van der Waals surface area (Å²) in [6, 6.07) is -1.02. The number of hydrogen-bond donors (Lipinski definition) is 3. The maximum atomic E-state index is 12.0. The van der Waals surface area contributed by atoms with E-state index in [0.29, 0.717) is 0 Å². The molecule has 3 N–H and O–H groups in total. The van der Waals surface area contributed by atoms with E-state index in [-0.39, 0.29) is 24.0 Å². The largest absolute Gasteiger partial charge is 0.347 e. The van der Waals surface area contributed by atoms with E-state index in [0.717, 1.165) is 30.0 Å². The molecule has 0 aliphatic heterocycles. The molecule has 7 heteroatoms. The molecule has 1 aliphatic rings. The van der Waals surface area contributed by atoms with Crippen molar-refractivity contribution in [1.29, 1.82) is 0 Å². The van der Waals surface area contributed by atoms with Crippen LogP contribution in [0.25, 0.3) is 0 Å². The predicted molar refractivity (Wildman–Crippen MR) is 77.7 cm³/mol. The number of carbonyl (C=O) groups excluding carboxylic acids is 2. The molecular weight excluding hydrogens is 264 g/mol. The number of carbonyl (C=O) groups is 2. The summed E-state index contributed by atoms with van der Waals surface area (Å²) in [5.41, 5.74) is 5.98. The van der Waals surface area contributed by atoms with Gasteiger partial charge in [-0.1, -0.05) is 25.7 Å². The molecule has 0 bridgehead atoms. The Morgan fingerprint density at radius 1 is 1.32 bits per heavy atom. The first kappa shape index (κ1) is 16.1. The average Bonchev–Trinajstić information content (AvgIpc) is 2.38. The summed E-state index contributed by atoms with van der Waals surface area (Å²) in [6.45, 7) is 1.65. The van der Waals surface area contributed by atoms with Crippen LogP contribution in [0.15, 0.2) is 0 Å². The van der Waals surface area contributed by atoms with Crippen molar-refractivity contribution in [1.82, 2.24) is 14.5 Å². The fourth-order valence-corrected chi connectivity index (χ4v) is 2.37. The van der Waals surface area contributed by atoms with Crippen molar-refractivity contribution in [2.45, 2.75) is 50.7 Å². The predicted octanol–water partition coefficient (Wildman–Crippen LogP) is 0.589. The van der Waals surface area contributed by atoms with Crippen molar-refractivity contribution in [2.75, 3.05) is 14.1 Å². The average molecular weight is 288 g/mol. The van der Waals surface area contributed by atoms with Crippen LogP contribution in [-0.4, -0.2) is 53.4 Å². The van der Waals surface area contributed by atoms with Gasteiger partial charge in [-0.15, -0.1) is 0 Å². The highest BCUT2D eigenvalue weighted by Gasteiger charge is 2.29. The maximum Gasteiger partial charge on any atom is 0.328 e. The highest BCUT2D eigenvalue weighted by Crippen LogP contribution is 2.17. The van der Waals surface area contributed by atoms with Crippen LogP contribution < -0.4 is 11.1 Å². The van der Waals surface area contributed by atoms with Gasteiger partial charge in [0.15, 0.2) is 0 Å². The van der Waals surface area contributed by atoms with Gasteiger partial charge in [0, 0.05) is 26.2 Å². The van der Waals surface area contributed by atoms with Crippen LogP contribution in [0.2, 0.25) is 0 Å². The molecule has 0 radical (unpaired) electrons. The summed E-state index contributed by atoms with van der Waals surface area (Å²) in [4.78, 5) is 25.3. The molecule has 110 valence electrons. The van der Waals surface area contributed by atoms with Gasteiger partial charge in [0.25, 0.3) is 0 Å². The van der Waals surface area contributed by atoms with Crippen molar-refractivity contribution >= 4 is 24.8 Å². The fraction of sp³-hybridized carbons (Fsp3) is 0.833. The Balaban J connectivity index is 2.54. The third kappa shape index (κ3) is 4.28. The lowest BCUT2D eigenvalue weighted by molar-refractivity contribution is -0.131. The van der Waals surface area contributed by atoms with Crippen LogP contribution in [0.4, 0.5) is 4.79 Å². The highest BCUT2D eigenvalue weighted by atomic mass is 32.1. The van der Waals surface area contributed by atoms with Crippen molar-refractivity contribution in [3.05, 3.63) is 0 Å². The number of nitrogens with one attached hydrogen (secondary N) is 1. The molecular formula is C12H24N4O2S. The van der Waals surface area contributed by atoms with E-state index in [4.69, 9.17) is 5.73 Å². The van der Waals surface area contributed by atoms with Gasteiger partial charge in [0.1, 0.15) is 6.04 Å². The number of thiol groups is 1. The summed E-state index contributed by atoms with van der Waals surface area (Å²) >= 11 is 4.12. The third-order valence-electron chi connectivity index (χ3n) is 3.50. The molecule has 3 atom stereocenters. The molecule has 19 heavy (non-hydrogen) atoms. The van der Waals surface area contributed by atoms with Crippen LogP contribution in [0.5, 0.6) is 0 Å². The summed E-state index contributed by atoms with van der Waals surface area (Å²) in [5.74, 6) is -0.168. The Labute approximate surface area is 120 Å². The van der Waals surface area contributed by atoms with Crippen LogP contribution in [0.3, 0.4) is 0 Å². The first-order valence-electron chi connectivity index (χ1n) is 6.60. The number of rotatable bonds is 3. The molecule has 0 spiro atoms. The zero-order chi connectivity index (χ0) is 14.6. The highest BCUT2D eigenvalue weighted by molar-refractivity contribution is 7.78. The number of urea groups is 1. The van der Waals surface area contributed by atoms with E-state index in [9.17, 15) is 9.59 Å². The van der Waals surface area contributed by atoms with Gasteiger partial charge in [-0.3, -0.25) is 9.10 Å². The van der Waals surface area contributed by atoms with Gasteiger partial charge in [-0.25, -0.2) is 4.79 Å². The minimum absolute atomic E-state index is 0.0145. The Morgan fingerprint density at radius 2 is 1.89 bits per heavy atom. The first-order valence-corrected chi connectivity index (χ1v) is 7.00. The quantitative estimate of drug-likeness (QED) is 0.665. The molecule has 3 amide bonds. The molecule has 1 rings (SSSR count). The van der Waals surface area contributed by atoms with Crippen LogP contribution in [0.1, 0.15) is 32.6 Å². The Bertz CT molecular complexity index is 338. The fourth-order valence-electron chi connectivity index (χ4n) is 2.22. The SMILES string of the molecule is CC(C(=O)N(C)C)N(S)C(=O)NC1CCCCC1N. The minimum Gasteiger partial charge on any atom is -0.347 e. The molecule has 1 saturated carbocycles. The molecule has 1 fully saturated rings. The molecule has 0 saturated heterocycles.